The molecule has 0 unspecified atom stereocenters. The van der Waals surface area contributed by atoms with E-state index in [2.05, 4.69) is 5.32 Å². The number of ether oxygens (including phenoxy) is 3. The normalized spacial score (nSPS) is 10.9. The molecule has 0 aliphatic rings. The second-order valence-corrected chi connectivity index (χ2v) is 8.73. The summed E-state index contributed by atoms with van der Waals surface area (Å²) in [5.74, 6) is 0.954. The average molecular weight is 471 g/mol. The lowest BCUT2D eigenvalue weighted by molar-refractivity contribution is -0.114. The van der Waals surface area contributed by atoms with E-state index in [1.165, 1.54) is 32.4 Å². The Hall–Kier alpha value is -3.72. The first-order valence-electron chi connectivity index (χ1n) is 10.2. The van der Waals surface area contributed by atoms with E-state index >= 15 is 0 Å². The van der Waals surface area contributed by atoms with Crippen molar-refractivity contribution >= 4 is 27.3 Å². The third-order valence-electron chi connectivity index (χ3n) is 4.72. The van der Waals surface area contributed by atoms with Crippen molar-refractivity contribution < 1.29 is 27.4 Å². The number of amides is 1. The maximum Gasteiger partial charge on any atom is 0.264 e. The van der Waals surface area contributed by atoms with Gasteiger partial charge >= 0.3 is 0 Å². The highest BCUT2D eigenvalue weighted by atomic mass is 32.2. The summed E-state index contributed by atoms with van der Waals surface area (Å²) in [4.78, 5) is 12.9. The summed E-state index contributed by atoms with van der Waals surface area (Å²) in [5, 5.41) is 2.73. The van der Waals surface area contributed by atoms with Crippen LogP contribution in [0.3, 0.4) is 0 Å². The first-order valence-corrected chi connectivity index (χ1v) is 11.7. The number of carbonyl (C=O) groups excluding carboxylic acids is 1. The number of carbonyl (C=O) groups is 1. The molecule has 0 aromatic heterocycles. The van der Waals surface area contributed by atoms with Gasteiger partial charge in [0.1, 0.15) is 12.3 Å². The summed E-state index contributed by atoms with van der Waals surface area (Å²) in [7, 11) is -1.10. The van der Waals surface area contributed by atoms with Crippen LogP contribution in [-0.4, -0.2) is 41.7 Å². The Labute approximate surface area is 193 Å². The smallest absolute Gasteiger partial charge is 0.264 e. The molecule has 3 aromatic carbocycles. The Morgan fingerprint density at radius 1 is 0.909 bits per heavy atom. The number of nitrogens with zero attached hydrogens (tertiary/aromatic N) is 1. The molecule has 0 aliphatic heterocycles. The fourth-order valence-electron chi connectivity index (χ4n) is 3.15. The Kier molecular flexibility index (Phi) is 7.78. The summed E-state index contributed by atoms with van der Waals surface area (Å²) in [6.45, 7) is 1.97. The van der Waals surface area contributed by atoms with Gasteiger partial charge in [0.2, 0.25) is 5.91 Å². The van der Waals surface area contributed by atoms with Gasteiger partial charge in [-0.15, -0.1) is 0 Å². The first kappa shape index (κ1) is 23.9. The van der Waals surface area contributed by atoms with Crippen molar-refractivity contribution in [3.63, 3.8) is 0 Å². The predicted molar refractivity (Wildman–Crippen MR) is 127 cm³/mol. The second-order valence-electron chi connectivity index (χ2n) is 6.87. The summed E-state index contributed by atoms with van der Waals surface area (Å²) < 4.78 is 43.9. The van der Waals surface area contributed by atoms with Gasteiger partial charge in [-0.05, 0) is 55.5 Å². The molecule has 1 amide bonds. The number of sulfonamides is 1. The maximum atomic E-state index is 13.4. The molecule has 174 valence electrons. The molecule has 3 aromatic rings. The second kappa shape index (κ2) is 10.7. The van der Waals surface area contributed by atoms with Crippen molar-refractivity contribution in [1.29, 1.82) is 0 Å². The van der Waals surface area contributed by atoms with Gasteiger partial charge in [0, 0.05) is 11.8 Å². The molecule has 0 fully saturated rings. The molecule has 0 bridgehead atoms. The number of rotatable bonds is 10. The minimum atomic E-state index is -4.04. The van der Waals surface area contributed by atoms with Crippen molar-refractivity contribution in [2.45, 2.75) is 11.8 Å². The Morgan fingerprint density at radius 2 is 1.58 bits per heavy atom. The lowest BCUT2D eigenvalue weighted by Gasteiger charge is -2.25. The molecule has 0 spiro atoms. The van der Waals surface area contributed by atoms with Crippen molar-refractivity contribution in [3.05, 3.63) is 72.8 Å². The van der Waals surface area contributed by atoms with Gasteiger partial charge < -0.3 is 19.5 Å². The van der Waals surface area contributed by atoms with Crippen LogP contribution < -0.4 is 23.8 Å². The standard InChI is InChI=1S/C24H26N2O6S/c1-4-32-20-13-10-18(11-14-20)25-24(27)17-26(33(28,29)21-8-6-5-7-9-21)19-12-15-22(30-2)23(16-19)31-3/h5-16H,4,17H2,1-3H3,(H,25,27). The van der Waals surface area contributed by atoms with E-state index in [1.807, 2.05) is 6.92 Å². The molecule has 0 heterocycles. The molecule has 1 N–H and O–H groups in total. The van der Waals surface area contributed by atoms with Crippen molar-refractivity contribution in [3.8, 4) is 17.2 Å². The van der Waals surface area contributed by atoms with Crippen molar-refractivity contribution in [2.24, 2.45) is 0 Å². The topological polar surface area (TPSA) is 94.2 Å². The van der Waals surface area contributed by atoms with Gasteiger partial charge in [-0.1, -0.05) is 18.2 Å². The molecule has 8 nitrogen and oxygen atoms in total. The minimum absolute atomic E-state index is 0.0636. The van der Waals surface area contributed by atoms with E-state index in [0.29, 0.717) is 29.5 Å². The third kappa shape index (κ3) is 5.75. The summed E-state index contributed by atoms with van der Waals surface area (Å²) in [6, 6.07) is 19.4. The lowest BCUT2D eigenvalue weighted by atomic mass is 10.2. The average Bonchev–Trinajstić information content (AvgIpc) is 2.84. The van der Waals surface area contributed by atoms with Crippen LogP contribution in [0.1, 0.15) is 6.92 Å². The van der Waals surface area contributed by atoms with Gasteiger partial charge in [-0.3, -0.25) is 9.10 Å². The maximum absolute atomic E-state index is 13.4. The number of hydrogen-bond donors (Lipinski definition) is 1. The summed E-state index contributed by atoms with van der Waals surface area (Å²) in [5.41, 5.74) is 0.783. The SMILES string of the molecule is CCOc1ccc(NC(=O)CN(c2ccc(OC)c(OC)c2)S(=O)(=O)c2ccccc2)cc1. The summed E-state index contributed by atoms with van der Waals surface area (Å²) >= 11 is 0. The van der Waals surface area contributed by atoms with E-state index in [4.69, 9.17) is 14.2 Å². The van der Waals surface area contributed by atoms with Gasteiger partial charge in [0.25, 0.3) is 10.0 Å². The van der Waals surface area contributed by atoms with E-state index < -0.39 is 22.5 Å². The third-order valence-corrected chi connectivity index (χ3v) is 6.51. The van der Waals surface area contributed by atoms with E-state index in [-0.39, 0.29) is 10.6 Å². The van der Waals surface area contributed by atoms with Crippen LogP contribution in [0.5, 0.6) is 17.2 Å². The van der Waals surface area contributed by atoms with Crippen LogP contribution in [0.25, 0.3) is 0 Å². The highest BCUT2D eigenvalue weighted by Crippen LogP contribution is 2.33. The molecule has 3 rings (SSSR count). The van der Waals surface area contributed by atoms with E-state index in [9.17, 15) is 13.2 Å². The molecule has 0 saturated heterocycles. The van der Waals surface area contributed by atoms with Gasteiger partial charge in [0.05, 0.1) is 31.4 Å². The highest BCUT2D eigenvalue weighted by molar-refractivity contribution is 7.92. The molecule has 0 radical (unpaired) electrons. The zero-order valence-corrected chi connectivity index (χ0v) is 19.5. The molecule has 0 atom stereocenters. The molecule has 9 heteroatoms. The summed E-state index contributed by atoms with van der Waals surface area (Å²) in [6.07, 6.45) is 0. The van der Waals surface area contributed by atoms with Gasteiger partial charge in [0.15, 0.2) is 11.5 Å². The van der Waals surface area contributed by atoms with Crippen molar-refractivity contribution in [1.82, 2.24) is 0 Å². The zero-order chi connectivity index (χ0) is 23.8. The number of hydrogen-bond acceptors (Lipinski definition) is 6. The van der Waals surface area contributed by atoms with Crippen LogP contribution >= 0.6 is 0 Å². The predicted octanol–water partition coefficient (Wildman–Crippen LogP) is 3.94. The Morgan fingerprint density at radius 3 is 2.18 bits per heavy atom. The van der Waals surface area contributed by atoms with E-state index in [0.717, 1.165) is 4.31 Å². The van der Waals surface area contributed by atoms with Crippen LogP contribution in [0, 0.1) is 0 Å². The monoisotopic (exact) mass is 470 g/mol. The number of anilines is 2. The first-order chi connectivity index (χ1) is 15.9. The Bertz CT molecular complexity index is 1180. The van der Waals surface area contributed by atoms with E-state index in [1.54, 1.807) is 54.6 Å². The number of methoxy groups -OCH3 is 2. The quantitative estimate of drug-likeness (QED) is 0.482. The molecule has 0 aliphatic carbocycles. The van der Waals surface area contributed by atoms with Gasteiger partial charge in [-0.2, -0.15) is 0 Å². The van der Waals surface area contributed by atoms with Gasteiger partial charge in [-0.25, -0.2) is 8.42 Å². The molecular weight excluding hydrogens is 444 g/mol. The van der Waals surface area contributed by atoms with Crippen LogP contribution in [0.4, 0.5) is 11.4 Å². The molecule has 33 heavy (non-hydrogen) atoms. The minimum Gasteiger partial charge on any atom is -0.494 e. The lowest BCUT2D eigenvalue weighted by Crippen LogP contribution is -2.38. The molecule has 0 saturated carbocycles. The largest absolute Gasteiger partial charge is 0.494 e. The van der Waals surface area contributed by atoms with Crippen molar-refractivity contribution in [2.75, 3.05) is 37.0 Å². The number of nitrogens with one attached hydrogen (secondary N) is 1. The van der Waals surface area contributed by atoms with Crippen LogP contribution in [0.15, 0.2) is 77.7 Å². The highest BCUT2D eigenvalue weighted by Gasteiger charge is 2.28. The van der Waals surface area contributed by atoms with Crippen LogP contribution in [-0.2, 0) is 14.8 Å². The molecular formula is C24H26N2O6S. The van der Waals surface area contributed by atoms with Crippen LogP contribution in [0.2, 0.25) is 0 Å². The fourth-order valence-corrected chi connectivity index (χ4v) is 4.58. The zero-order valence-electron chi connectivity index (χ0n) is 18.6. The number of benzene rings is 3. The Balaban J connectivity index is 1.93. The fraction of sp³-hybridized carbons (Fsp3) is 0.208.